The zero-order valence-corrected chi connectivity index (χ0v) is 10.4. The quantitative estimate of drug-likeness (QED) is 0.767. The molecule has 1 aliphatic carbocycles. The minimum atomic E-state index is -0.932. The highest BCUT2D eigenvalue weighted by molar-refractivity contribution is 5.83. The number of aliphatic hydroxyl groups excluding tert-OH is 1. The van der Waals surface area contributed by atoms with Crippen LogP contribution in [0.2, 0.25) is 0 Å². The summed E-state index contributed by atoms with van der Waals surface area (Å²) in [7, 11) is 0. The predicted molar refractivity (Wildman–Crippen MR) is 64.2 cm³/mol. The summed E-state index contributed by atoms with van der Waals surface area (Å²) in [5, 5.41) is 18.1. The summed E-state index contributed by atoms with van der Waals surface area (Å²) in [6, 6.07) is -0.739. The van der Waals surface area contributed by atoms with Gasteiger partial charge in [-0.3, -0.25) is 0 Å². The number of urea groups is 1. The lowest BCUT2D eigenvalue weighted by molar-refractivity contribution is -0.141. The molecule has 1 saturated heterocycles. The molecule has 6 heteroatoms. The Morgan fingerprint density at radius 2 is 1.94 bits per heavy atom. The van der Waals surface area contributed by atoms with E-state index in [0.717, 1.165) is 25.7 Å². The van der Waals surface area contributed by atoms with Crippen molar-refractivity contribution in [1.82, 2.24) is 9.80 Å². The Labute approximate surface area is 106 Å². The lowest BCUT2D eigenvalue weighted by Crippen LogP contribution is -2.54. The predicted octanol–water partition coefficient (Wildman–Crippen LogP) is 0.502. The number of aliphatic carboxylic acids is 1. The number of carboxylic acids is 1. The van der Waals surface area contributed by atoms with E-state index >= 15 is 0 Å². The number of aliphatic hydroxyl groups is 1. The molecule has 0 spiro atoms. The average molecular weight is 256 g/mol. The Bertz CT molecular complexity index is 330. The van der Waals surface area contributed by atoms with Crippen LogP contribution in [0.1, 0.15) is 32.1 Å². The van der Waals surface area contributed by atoms with Crippen LogP contribution in [0.25, 0.3) is 0 Å². The largest absolute Gasteiger partial charge is 0.480 e. The molecular formula is C12H20N2O4. The van der Waals surface area contributed by atoms with Crippen molar-refractivity contribution >= 4 is 12.0 Å². The molecule has 6 nitrogen and oxygen atoms in total. The first-order valence-electron chi connectivity index (χ1n) is 6.56. The number of hydrogen-bond acceptors (Lipinski definition) is 3. The zero-order chi connectivity index (χ0) is 13.1. The summed E-state index contributed by atoms with van der Waals surface area (Å²) in [6.45, 7) is 0.727. The first kappa shape index (κ1) is 13.1. The molecule has 1 aliphatic heterocycles. The van der Waals surface area contributed by atoms with E-state index in [1.54, 1.807) is 4.90 Å². The molecule has 1 heterocycles. The summed E-state index contributed by atoms with van der Waals surface area (Å²) in [5.74, 6) is -0.932. The van der Waals surface area contributed by atoms with Gasteiger partial charge < -0.3 is 20.0 Å². The molecule has 2 N–H and O–H groups in total. The van der Waals surface area contributed by atoms with Crippen molar-refractivity contribution in [3.63, 3.8) is 0 Å². The van der Waals surface area contributed by atoms with Crippen molar-refractivity contribution in [3.8, 4) is 0 Å². The molecule has 0 radical (unpaired) electrons. The van der Waals surface area contributed by atoms with Crippen LogP contribution in [0.4, 0.5) is 4.79 Å². The molecule has 102 valence electrons. The Balaban J connectivity index is 2.04. The highest BCUT2D eigenvalue weighted by Crippen LogP contribution is 2.27. The third kappa shape index (κ3) is 2.43. The lowest BCUT2D eigenvalue weighted by Gasteiger charge is -2.40. The van der Waals surface area contributed by atoms with Gasteiger partial charge in [0.1, 0.15) is 6.04 Å². The second kappa shape index (κ2) is 5.56. The smallest absolute Gasteiger partial charge is 0.326 e. The van der Waals surface area contributed by atoms with E-state index < -0.39 is 12.0 Å². The number of amides is 2. The molecular weight excluding hydrogens is 236 g/mol. The van der Waals surface area contributed by atoms with Gasteiger partial charge in [-0.2, -0.15) is 0 Å². The molecule has 2 rings (SSSR count). The molecule has 18 heavy (non-hydrogen) atoms. The van der Waals surface area contributed by atoms with Gasteiger partial charge in [0.15, 0.2) is 0 Å². The Kier molecular flexibility index (Phi) is 4.06. The maximum atomic E-state index is 12.4. The second-order valence-electron chi connectivity index (χ2n) is 4.97. The number of carbonyl (C=O) groups is 2. The van der Waals surface area contributed by atoms with E-state index in [0.29, 0.717) is 19.5 Å². The van der Waals surface area contributed by atoms with Crippen molar-refractivity contribution in [1.29, 1.82) is 0 Å². The maximum Gasteiger partial charge on any atom is 0.326 e. The molecule has 1 saturated carbocycles. The normalized spacial score (nSPS) is 23.8. The molecule has 2 amide bonds. The van der Waals surface area contributed by atoms with Gasteiger partial charge in [0, 0.05) is 19.1 Å². The molecule has 0 bridgehead atoms. The molecule has 0 aromatic carbocycles. The molecule has 0 unspecified atom stereocenters. The highest BCUT2D eigenvalue weighted by atomic mass is 16.4. The van der Waals surface area contributed by atoms with Crippen LogP contribution in [-0.2, 0) is 4.79 Å². The minimum absolute atomic E-state index is 0.0756. The minimum Gasteiger partial charge on any atom is -0.480 e. The summed E-state index contributed by atoms with van der Waals surface area (Å²) in [5.41, 5.74) is 0. The number of carboxylic acid groups (broad SMARTS) is 1. The third-order valence-electron chi connectivity index (χ3n) is 3.89. The molecule has 2 fully saturated rings. The topological polar surface area (TPSA) is 81.1 Å². The van der Waals surface area contributed by atoms with E-state index in [9.17, 15) is 9.59 Å². The average Bonchev–Trinajstić information content (AvgIpc) is 2.74. The maximum absolute atomic E-state index is 12.4. The second-order valence-corrected chi connectivity index (χ2v) is 4.97. The van der Waals surface area contributed by atoms with Crippen LogP contribution in [0, 0.1) is 0 Å². The van der Waals surface area contributed by atoms with Crippen molar-refractivity contribution in [3.05, 3.63) is 0 Å². The fourth-order valence-corrected chi connectivity index (χ4v) is 2.66. The van der Waals surface area contributed by atoms with E-state index in [4.69, 9.17) is 10.2 Å². The van der Waals surface area contributed by atoms with Gasteiger partial charge in [-0.15, -0.1) is 0 Å². The number of carbonyl (C=O) groups excluding carboxylic acids is 1. The van der Waals surface area contributed by atoms with Crippen LogP contribution in [0.3, 0.4) is 0 Å². The van der Waals surface area contributed by atoms with Crippen molar-refractivity contribution in [2.45, 2.75) is 44.2 Å². The van der Waals surface area contributed by atoms with Gasteiger partial charge in [-0.1, -0.05) is 0 Å². The third-order valence-corrected chi connectivity index (χ3v) is 3.89. The standard InChI is InChI=1S/C12H20N2O4/c15-8-7-13(9-3-1-4-9)12(18)14-6-2-5-10(14)11(16)17/h9-10,15H,1-8H2,(H,16,17)/t10-/m0/s1. The number of nitrogens with zero attached hydrogens (tertiary/aromatic N) is 2. The SMILES string of the molecule is O=C(O)[C@@H]1CCCN1C(=O)N(CCO)C1CCC1. The van der Waals surface area contributed by atoms with Gasteiger partial charge in [-0.05, 0) is 32.1 Å². The van der Waals surface area contributed by atoms with Crippen molar-refractivity contribution in [2.24, 2.45) is 0 Å². The van der Waals surface area contributed by atoms with Crippen LogP contribution in [0.15, 0.2) is 0 Å². The van der Waals surface area contributed by atoms with E-state index in [2.05, 4.69) is 0 Å². The lowest BCUT2D eigenvalue weighted by atomic mass is 9.91. The Hall–Kier alpha value is -1.30. The van der Waals surface area contributed by atoms with Crippen LogP contribution < -0.4 is 0 Å². The monoisotopic (exact) mass is 256 g/mol. The zero-order valence-electron chi connectivity index (χ0n) is 10.4. The summed E-state index contributed by atoms with van der Waals surface area (Å²) in [6.07, 6.45) is 4.27. The highest BCUT2D eigenvalue weighted by Gasteiger charge is 2.38. The fraction of sp³-hybridized carbons (Fsp3) is 0.833. The van der Waals surface area contributed by atoms with E-state index in [-0.39, 0.29) is 18.7 Å². The summed E-state index contributed by atoms with van der Waals surface area (Å²) >= 11 is 0. The number of likely N-dealkylation sites (tertiary alicyclic amines) is 1. The van der Waals surface area contributed by atoms with Crippen molar-refractivity contribution < 1.29 is 19.8 Å². The van der Waals surface area contributed by atoms with Gasteiger partial charge in [0.25, 0.3) is 0 Å². The summed E-state index contributed by atoms with van der Waals surface area (Å²) in [4.78, 5) is 26.5. The van der Waals surface area contributed by atoms with Crippen LogP contribution in [-0.4, -0.2) is 63.8 Å². The Morgan fingerprint density at radius 1 is 1.22 bits per heavy atom. The Morgan fingerprint density at radius 3 is 2.44 bits per heavy atom. The van der Waals surface area contributed by atoms with E-state index in [1.807, 2.05) is 0 Å². The van der Waals surface area contributed by atoms with Crippen molar-refractivity contribution in [2.75, 3.05) is 19.7 Å². The van der Waals surface area contributed by atoms with E-state index in [1.165, 1.54) is 4.90 Å². The number of hydrogen-bond donors (Lipinski definition) is 2. The van der Waals surface area contributed by atoms with Crippen LogP contribution in [0.5, 0.6) is 0 Å². The first-order valence-corrected chi connectivity index (χ1v) is 6.56. The summed E-state index contributed by atoms with van der Waals surface area (Å²) < 4.78 is 0. The fourth-order valence-electron chi connectivity index (χ4n) is 2.66. The van der Waals surface area contributed by atoms with Crippen LogP contribution >= 0.6 is 0 Å². The van der Waals surface area contributed by atoms with Gasteiger partial charge in [-0.25, -0.2) is 9.59 Å². The number of rotatable bonds is 4. The van der Waals surface area contributed by atoms with Gasteiger partial charge in [0.2, 0.25) is 0 Å². The van der Waals surface area contributed by atoms with Gasteiger partial charge >= 0.3 is 12.0 Å². The molecule has 0 aromatic heterocycles. The van der Waals surface area contributed by atoms with Gasteiger partial charge in [0.05, 0.1) is 6.61 Å². The molecule has 1 atom stereocenters. The molecule has 0 aromatic rings. The molecule has 2 aliphatic rings. The first-order chi connectivity index (χ1) is 8.65.